The van der Waals surface area contributed by atoms with E-state index in [-0.39, 0.29) is 12.2 Å². The zero-order valence-electron chi connectivity index (χ0n) is 22.1. The van der Waals surface area contributed by atoms with Crippen LogP contribution in [0, 0.1) is 5.82 Å². The molecule has 0 radical (unpaired) electrons. The van der Waals surface area contributed by atoms with E-state index in [0.717, 1.165) is 4.47 Å². The number of benzene rings is 3. The van der Waals surface area contributed by atoms with Crippen LogP contribution in [-0.4, -0.2) is 35.0 Å². The Labute approximate surface area is 239 Å². The summed E-state index contributed by atoms with van der Waals surface area (Å²) >= 11 is 3.41. The van der Waals surface area contributed by atoms with Crippen LogP contribution in [0.5, 0.6) is 11.5 Å². The number of fused-ring (bicyclic) bond motifs is 1. The van der Waals surface area contributed by atoms with Crippen LogP contribution in [0.4, 0.5) is 10.1 Å². The van der Waals surface area contributed by atoms with E-state index in [4.69, 9.17) is 9.47 Å². The van der Waals surface area contributed by atoms with E-state index in [0.29, 0.717) is 64.5 Å². The molecule has 3 aromatic carbocycles. The van der Waals surface area contributed by atoms with Crippen molar-refractivity contribution in [1.29, 1.82) is 0 Å². The van der Waals surface area contributed by atoms with Gasteiger partial charge in [-0.05, 0) is 67.4 Å². The first-order chi connectivity index (χ1) is 19.3. The number of nitrogens with one attached hydrogen (secondary N) is 1. The van der Waals surface area contributed by atoms with Crippen LogP contribution in [0.15, 0.2) is 81.6 Å². The van der Waals surface area contributed by atoms with Crippen molar-refractivity contribution >= 4 is 44.6 Å². The Bertz CT molecular complexity index is 1650. The molecule has 0 aliphatic rings. The van der Waals surface area contributed by atoms with Gasteiger partial charge < -0.3 is 14.8 Å². The Morgan fingerprint density at radius 1 is 1.18 bits per heavy atom. The van der Waals surface area contributed by atoms with E-state index in [2.05, 4.69) is 37.9 Å². The summed E-state index contributed by atoms with van der Waals surface area (Å²) in [5, 5.41) is 7.53. The van der Waals surface area contributed by atoms with Gasteiger partial charge in [0.1, 0.15) is 11.6 Å². The molecule has 8 nitrogen and oxygen atoms in total. The molecule has 0 saturated carbocycles. The van der Waals surface area contributed by atoms with Crippen molar-refractivity contribution < 1.29 is 18.7 Å². The van der Waals surface area contributed by atoms with Gasteiger partial charge in [-0.1, -0.05) is 35.0 Å². The van der Waals surface area contributed by atoms with Gasteiger partial charge in [0.2, 0.25) is 0 Å². The number of hydrogen-bond acceptors (Lipinski definition) is 6. The first-order valence-electron chi connectivity index (χ1n) is 12.7. The highest BCUT2D eigenvalue weighted by Gasteiger charge is 2.16. The molecule has 1 aromatic heterocycles. The Hall–Kier alpha value is -4.31. The van der Waals surface area contributed by atoms with Crippen LogP contribution in [0.3, 0.4) is 0 Å². The lowest BCUT2D eigenvalue weighted by Gasteiger charge is -2.16. The number of hydrogen-bond donors (Lipinski definition) is 1. The van der Waals surface area contributed by atoms with Crippen molar-refractivity contribution in [3.8, 4) is 11.5 Å². The first kappa shape index (κ1) is 28.7. The average Bonchev–Trinajstić information content (AvgIpc) is 2.92. The number of aryl methyl sites for hydroxylation is 1. The maximum Gasteiger partial charge on any atom is 0.282 e. The predicted octanol–water partition coefficient (Wildman–Crippen LogP) is 5.89. The number of anilines is 1. The maximum atomic E-state index is 13.5. The van der Waals surface area contributed by atoms with Gasteiger partial charge in [-0.2, -0.15) is 9.78 Å². The van der Waals surface area contributed by atoms with Crippen molar-refractivity contribution in [2.45, 2.75) is 26.7 Å². The van der Waals surface area contributed by atoms with E-state index in [1.54, 1.807) is 36.6 Å². The van der Waals surface area contributed by atoms with Crippen LogP contribution in [0.2, 0.25) is 0 Å². The lowest BCUT2D eigenvalue weighted by molar-refractivity contribution is -0.118. The lowest BCUT2D eigenvalue weighted by atomic mass is 10.1. The van der Waals surface area contributed by atoms with Crippen LogP contribution < -0.4 is 20.3 Å². The Kier molecular flexibility index (Phi) is 9.44. The summed E-state index contributed by atoms with van der Waals surface area (Å²) < 4.78 is 27.2. The highest BCUT2D eigenvalue weighted by Crippen LogP contribution is 2.34. The molecule has 1 heterocycles. The van der Waals surface area contributed by atoms with Gasteiger partial charge >= 0.3 is 0 Å². The number of carbonyl (C=O) groups excluding carboxylic acids is 1. The number of nitrogens with zero attached hydrogens (tertiary/aromatic N) is 3. The zero-order chi connectivity index (χ0) is 28.6. The molecule has 10 heteroatoms. The van der Waals surface area contributed by atoms with Crippen molar-refractivity contribution in [3.05, 3.63) is 105 Å². The summed E-state index contributed by atoms with van der Waals surface area (Å²) in [6.45, 7) is 7.60. The second-order valence-corrected chi connectivity index (χ2v) is 9.60. The first-order valence-corrected chi connectivity index (χ1v) is 13.5. The van der Waals surface area contributed by atoms with Gasteiger partial charge in [0, 0.05) is 22.1 Å². The molecule has 0 saturated heterocycles. The Morgan fingerprint density at radius 2 is 2.00 bits per heavy atom. The predicted molar refractivity (Wildman–Crippen MR) is 158 cm³/mol. The van der Waals surface area contributed by atoms with Crippen LogP contribution >= 0.6 is 15.9 Å². The molecule has 0 spiro atoms. The molecule has 0 aliphatic heterocycles. The third-order valence-corrected chi connectivity index (χ3v) is 6.28. The minimum absolute atomic E-state index is 0.278. The largest absolute Gasteiger partial charge is 0.490 e. The van der Waals surface area contributed by atoms with E-state index in [1.807, 2.05) is 26.0 Å². The van der Waals surface area contributed by atoms with Crippen molar-refractivity contribution in [3.63, 3.8) is 0 Å². The summed E-state index contributed by atoms with van der Waals surface area (Å²) in [4.78, 5) is 30.3. The summed E-state index contributed by atoms with van der Waals surface area (Å²) in [5.74, 6) is 0.410. The third kappa shape index (κ3) is 6.81. The van der Waals surface area contributed by atoms with Gasteiger partial charge in [-0.15, -0.1) is 6.58 Å². The van der Waals surface area contributed by atoms with Crippen LogP contribution in [0.25, 0.3) is 10.9 Å². The zero-order valence-corrected chi connectivity index (χ0v) is 23.7. The summed E-state index contributed by atoms with van der Waals surface area (Å²) in [6, 6.07) is 14.5. The van der Waals surface area contributed by atoms with Gasteiger partial charge in [0.25, 0.3) is 11.5 Å². The molecule has 40 heavy (non-hydrogen) atoms. The maximum absolute atomic E-state index is 13.5. The van der Waals surface area contributed by atoms with E-state index >= 15 is 0 Å². The number of ether oxygens (including phenoxy) is 2. The van der Waals surface area contributed by atoms with E-state index < -0.39 is 11.7 Å². The SMILES string of the molecule is C=CCc1cc(C=Nn2c(CC)nc3ccc(Br)cc3c2=O)cc(OCC)c1OCC(=O)Nc1cccc(F)c1. The lowest BCUT2D eigenvalue weighted by Crippen LogP contribution is -2.22. The van der Waals surface area contributed by atoms with Gasteiger partial charge in [0.15, 0.2) is 18.1 Å². The van der Waals surface area contributed by atoms with Crippen LogP contribution in [0.1, 0.15) is 30.8 Å². The normalized spacial score (nSPS) is 11.1. The molecule has 0 fully saturated rings. The van der Waals surface area contributed by atoms with Gasteiger partial charge in [-0.25, -0.2) is 9.37 Å². The number of halogens is 2. The number of aromatic nitrogens is 2. The summed E-state index contributed by atoms with van der Waals surface area (Å²) in [5.41, 5.74) is 2.02. The fourth-order valence-electron chi connectivity index (χ4n) is 4.06. The van der Waals surface area contributed by atoms with Gasteiger partial charge in [-0.3, -0.25) is 9.59 Å². The fraction of sp³-hybridized carbons (Fsp3) is 0.200. The minimum Gasteiger partial charge on any atom is -0.490 e. The Morgan fingerprint density at radius 3 is 2.73 bits per heavy atom. The summed E-state index contributed by atoms with van der Waals surface area (Å²) in [6.07, 6.45) is 4.20. The molecule has 0 unspecified atom stereocenters. The molecule has 4 rings (SSSR count). The standard InChI is InChI=1S/C30H28BrFN4O4/c1-4-8-20-13-19(17-33-36-27(5-2)35-25-12-11-21(31)15-24(25)30(36)38)14-26(39-6-3)29(20)40-18-28(37)34-23-10-7-9-22(32)16-23/h4,7,9-17H,1,5-6,8,18H2,2-3H3,(H,34,37). The van der Waals surface area contributed by atoms with E-state index in [9.17, 15) is 14.0 Å². The Balaban J connectivity index is 1.65. The molecular weight excluding hydrogens is 579 g/mol. The number of rotatable bonds is 11. The molecule has 4 aromatic rings. The quantitative estimate of drug-likeness (QED) is 0.170. The third-order valence-electron chi connectivity index (χ3n) is 5.79. The second kappa shape index (κ2) is 13.2. The van der Waals surface area contributed by atoms with Gasteiger partial charge in [0.05, 0.1) is 23.7 Å². The summed E-state index contributed by atoms with van der Waals surface area (Å²) in [7, 11) is 0. The average molecular weight is 607 g/mol. The fourth-order valence-corrected chi connectivity index (χ4v) is 4.42. The molecule has 0 aliphatic carbocycles. The highest BCUT2D eigenvalue weighted by atomic mass is 79.9. The molecule has 206 valence electrons. The van der Waals surface area contributed by atoms with Crippen molar-refractivity contribution in [2.75, 3.05) is 18.5 Å². The monoisotopic (exact) mass is 606 g/mol. The smallest absolute Gasteiger partial charge is 0.282 e. The second-order valence-electron chi connectivity index (χ2n) is 8.68. The van der Waals surface area contributed by atoms with Crippen molar-refractivity contribution in [1.82, 2.24) is 9.66 Å². The highest BCUT2D eigenvalue weighted by molar-refractivity contribution is 9.10. The number of allylic oxidation sites excluding steroid dienone is 1. The topological polar surface area (TPSA) is 94.8 Å². The number of amides is 1. The van der Waals surface area contributed by atoms with Crippen molar-refractivity contribution in [2.24, 2.45) is 5.10 Å². The molecule has 1 amide bonds. The molecule has 0 bridgehead atoms. The van der Waals surface area contributed by atoms with Crippen LogP contribution in [-0.2, 0) is 17.6 Å². The molecule has 1 N–H and O–H groups in total. The minimum atomic E-state index is -0.455. The van der Waals surface area contributed by atoms with E-state index in [1.165, 1.54) is 22.9 Å². The molecular formula is C30H28BrFN4O4. The number of carbonyl (C=O) groups is 1. The molecule has 0 atom stereocenters.